The van der Waals surface area contributed by atoms with Crippen LogP contribution in [0.4, 0.5) is 0 Å². The van der Waals surface area contributed by atoms with Crippen molar-refractivity contribution in [1.82, 2.24) is 24.5 Å². The highest BCUT2D eigenvalue weighted by molar-refractivity contribution is 5.92. The molecule has 0 N–H and O–H groups in total. The van der Waals surface area contributed by atoms with E-state index in [0.29, 0.717) is 17.3 Å². The van der Waals surface area contributed by atoms with Crippen LogP contribution in [0.25, 0.3) is 5.65 Å². The minimum absolute atomic E-state index is 0.0266. The maximum Gasteiger partial charge on any atom is 0.274 e. The van der Waals surface area contributed by atoms with E-state index in [1.165, 1.54) is 5.56 Å². The van der Waals surface area contributed by atoms with Crippen LogP contribution >= 0.6 is 0 Å². The molecule has 0 aliphatic carbocycles. The molecule has 0 radical (unpaired) electrons. The van der Waals surface area contributed by atoms with Gasteiger partial charge in [-0.3, -0.25) is 9.20 Å². The van der Waals surface area contributed by atoms with E-state index in [1.807, 2.05) is 11.0 Å². The van der Waals surface area contributed by atoms with Gasteiger partial charge in [-0.25, -0.2) is 4.98 Å². The molecule has 1 saturated heterocycles. The van der Waals surface area contributed by atoms with Gasteiger partial charge in [-0.05, 0) is 18.4 Å². The smallest absolute Gasteiger partial charge is 0.274 e. The van der Waals surface area contributed by atoms with Crippen molar-refractivity contribution in [1.29, 1.82) is 0 Å². The third kappa shape index (κ3) is 2.67. The van der Waals surface area contributed by atoms with E-state index >= 15 is 0 Å². The van der Waals surface area contributed by atoms with E-state index in [0.717, 1.165) is 25.9 Å². The Bertz CT molecular complexity index is 829. The lowest BCUT2D eigenvalue weighted by molar-refractivity contribution is 0.0700. The molecule has 1 unspecified atom stereocenters. The van der Waals surface area contributed by atoms with Gasteiger partial charge in [0, 0.05) is 25.2 Å². The minimum atomic E-state index is -0.0266. The van der Waals surface area contributed by atoms with Crippen LogP contribution in [0.15, 0.2) is 49.1 Å². The summed E-state index contributed by atoms with van der Waals surface area (Å²) in [5.74, 6) is 0.369. The summed E-state index contributed by atoms with van der Waals surface area (Å²) in [5.41, 5.74) is 2.38. The normalized spacial score (nSPS) is 18.3. The summed E-state index contributed by atoms with van der Waals surface area (Å²) in [4.78, 5) is 18.9. The zero-order valence-corrected chi connectivity index (χ0v) is 12.7. The van der Waals surface area contributed by atoms with Gasteiger partial charge in [0.1, 0.15) is 12.0 Å². The van der Waals surface area contributed by atoms with Gasteiger partial charge in [0.15, 0.2) is 5.65 Å². The first-order chi connectivity index (χ1) is 11.3. The predicted octanol–water partition coefficient (Wildman–Crippen LogP) is 2.14. The highest BCUT2D eigenvalue weighted by atomic mass is 16.2. The molecular formula is C17H17N5O. The number of carbonyl (C=O) groups is 1. The second-order valence-corrected chi connectivity index (χ2v) is 5.87. The highest BCUT2D eigenvalue weighted by Crippen LogP contribution is 2.27. The van der Waals surface area contributed by atoms with Gasteiger partial charge in [-0.15, -0.1) is 10.2 Å². The monoisotopic (exact) mass is 307 g/mol. The number of hydrogen-bond donors (Lipinski definition) is 0. The minimum Gasteiger partial charge on any atom is -0.337 e. The quantitative estimate of drug-likeness (QED) is 0.727. The summed E-state index contributed by atoms with van der Waals surface area (Å²) in [6.07, 6.45) is 6.99. The molecule has 2 aromatic heterocycles. The van der Waals surface area contributed by atoms with Crippen molar-refractivity contribution in [2.45, 2.75) is 18.8 Å². The zero-order chi connectivity index (χ0) is 15.6. The van der Waals surface area contributed by atoms with Gasteiger partial charge in [-0.1, -0.05) is 30.3 Å². The lowest BCUT2D eigenvalue weighted by atomic mass is 9.90. The standard InChI is InChI=1S/C17H17N5O/c23-17(15-11-22-12-19-20-16(22)9-18-15)21-8-4-7-14(10-21)13-5-2-1-3-6-13/h1-3,5-6,9,11-12,14H,4,7-8,10H2. The first-order valence-corrected chi connectivity index (χ1v) is 7.81. The van der Waals surface area contributed by atoms with E-state index < -0.39 is 0 Å². The fourth-order valence-electron chi connectivity index (χ4n) is 3.17. The number of rotatable bonds is 2. The van der Waals surface area contributed by atoms with Crippen LogP contribution in [0.2, 0.25) is 0 Å². The first kappa shape index (κ1) is 13.9. The van der Waals surface area contributed by atoms with Gasteiger partial charge >= 0.3 is 0 Å². The van der Waals surface area contributed by atoms with E-state index in [1.54, 1.807) is 23.1 Å². The number of benzene rings is 1. The Morgan fingerprint density at radius 2 is 2.09 bits per heavy atom. The molecule has 3 aromatic rings. The Morgan fingerprint density at radius 3 is 2.96 bits per heavy atom. The molecule has 0 saturated carbocycles. The summed E-state index contributed by atoms with van der Waals surface area (Å²) < 4.78 is 1.72. The number of piperidine rings is 1. The molecule has 4 rings (SSSR count). The third-order valence-electron chi connectivity index (χ3n) is 4.38. The van der Waals surface area contributed by atoms with Crippen molar-refractivity contribution in [2.75, 3.05) is 13.1 Å². The zero-order valence-electron chi connectivity index (χ0n) is 12.7. The Balaban J connectivity index is 1.55. The number of hydrogen-bond acceptors (Lipinski definition) is 4. The highest BCUT2D eigenvalue weighted by Gasteiger charge is 2.26. The lowest BCUT2D eigenvalue weighted by Crippen LogP contribution is -2.39. The molecule has 0 spiro atoms. The van der Waals surface area contributed by atoms with Crippen molar-refractivity contribution >= 4 is 11.6 Å². The van der Waals surface area contributed by atoms with Crippen LogP contribution < -0.4 is 0 Å². The molecule has 1 aromatic carbocycles. The van der Waals surface area contributed by atoms with E-state index in [2.05, 4.69) is 39.4 Å². The third-order valence-corrected chi connectivity index (χ3v) is 4.38. The van der Waals surface area contributed by atoms with Gasteiger partial charge in [-0.2, -0.15) is 0 Å². The van der Waals surface area contributed by atoms with Crippen molar-refractivity contribution < 1.29 is 4.79 Å². The molecule has 6 nitrogen and oxygen atoms in total. The fraction of sp³-hybridized carbons (Fsp3) is 0.294. The van der Waals surface area contributed by atoms with E-state index in [9.17, 15) is 4.79 Å². The Morgan fingerprint density at radius 1 is 1.22 bits per heavy atom. The van der Waals surface area contributed by atoms with Crippen molar-refractivity contribution in [3.05, 3.63) is 60.3 Å². The average molecular weight is 307 g/mol. The van der Waals surface area contributed by atoms with Crippen LogP contribution in [-0.4, -0.2) is 43.5 Å². The number of nitrogens with zero attached hydrogens (tertiary/aromatic N) is 5. The van der Waals surface area contributed by atoms with Crippen molar-refractivity contribution in [2.24, 2.45) is 0 Å². The lowest BCUT2D eigenvalue weighted by Gasteiger charge is -2.32. The van der Waals surface area contributed by atoms with Crippen LogP contribution in [0.1, 0.15) is 34.8 Å². The summed E-state index contributed by atoms with van der Waals surface area (Å²) in [5, 5.41) is 7.72. The Kier molecular flexibility index (Phi) is 3.49. The van der Waals surface area contributed by atoms with E-state index in [4.69, 9.17) is 0 Å². The first-order valence-electron chi connectivity index (χ1n) is 7.81. The van der Waals surface area contributed by atoms with E-state index in [-0.39, 0.29) is 5.91 Å². The number of amides is 1. The largest absolute Gasteiger partial charge is 0.337 e. The Hall–Kier alpha value is -2.76. The Labute approximate surface area is 133 Å². The summed E-state index contributed by atoms with van der Waals surface area (Å²) in [6.45, 7) is 1.52. The molecule has 23 heavy (non-hydrogen) atoms. The summed E-state index contributed by atoms with van der Waals surface area (Å²) >= 11 is 0. The number of carbonyl (C=O) groups excluding carboxylic acids is 1. The van der Waals surface area contributed by atoms with Crippen molar-refractivity contribution in [3.63, 3.8) is 0 Å². The molecule has 1 aliphatic rings. The molecule has 1 fully saturated rings. The molecule has 1 atom stereocenters. The molecule has 0 bridgehead atoms. The van der Waals surface area contributed by atoms with Crippen LogP contribution in [-0.2, 0) is 0 Å². The van der Waals surface area contributed by atoms with Crippen LogP contribution in [0.5, 0.6) is 0 Å². The SMILES string of the molecule is O=C(c1cn2cnnc2cn1)N1CCCC(c2ccccc2)C1. The topological polar surface area (TPSA) is 63.4 Å². The molecular weight excluding hydrogens is 290 g/mol. The van der Waals surface area contributed by atoms with Crippen LogP contribution in [0, 0.1) is 0 Å². The number of fused-ring (bicyclic) bond motifs is 1. The van der Waals surface area contributed by atoms with Gasteiger partial charge in [0.25, 0.3) is 5.91 Å². The fourth-order valence-corrected chi connectivity index (χ4v) is 3.17. The van der Waals surface area contributed by atoms with Gasteiger partial charge in [0.05, 0.1) is 6.20 Å². The number of likely N-dealkylation sites (tertiary alicyclic amines) is 1. The van der Waals surface area contributed by atoms with Crippen LogP contribution in [0.3, 0.4) is 0 Å². The molecule has 1 aliphatic heterocycles. The number of aromatic nitrogens is 4. The second-order valence-electron chi connectivity index (χ2n) is 5.87. The molecule has 1 amide bonds. The van der Waals surface area contributed by atoms with Gasteiger partial charge < -0.3 is 4.90 Å². The second kappa shape index (κ2) is 5.79. The summed E-state index contributed by atoms with van der Waals surface area (Å²) in [7, 11) is 0. The van der Waals surface area contributed by atoms with Crippen molar-refractivity contribution in [3.8, 4) is 0 Å². The van der Waals surface area contributed by atoms with Gasteiger partial charge in [0.2, 0.25) is 0 Å². The molecule has 116 valence electrons. The maximum absolute atomic E-state index is 12.8. The molecule has 3 heterocycles. The maximum atomic E-state index is 12.8. The molecule has 6 heteroatoms. The summed E-state index contributed by atoms with van der Waals surface area (Å²) in [6, 6.07) is 10.4. The average Bonchev–Trinajstić information content (AvgIpc) is 3.09. The predicted molar refractivity (Wildman–Crippen MR) is 85.1 cm³/mol.